The van der Waals surface area contributed by atoms with Gasteiger partial charge in [0.25, 0.3) is 0 Å². The molecule has 0 bridgehead atoms. The van der Waals surface area contributed by atoms with E-state index in [1.807, 2.05) is 49.4 Å². The van der Waals surface area contributed by atoms with Crippen molar-refractivity contribution in [3.05, 3.63) is 59.2 Å². The molecule has 0 heterocycles. The zero-order valence-corrected chi connectivity index (χ0v) is 12.1. The van der Waals surface area contributed by atoms with Crippen LogP contribution in [0.5, 0.6) is 0 Å². The number of aliphatic carboxylic acids is 1. The molecule has 0 radical (unpaired) electrons. The Hall–Kier alpha value is -1.94. The molecule has 0 saturated carbocycles. The third-order valence-corrected chi connectivity index (χ3v) is 4.20. The van der Waals surface area contributed by atoms with Crippen LogP contribution in [0.1, 0.15) is 16.7 Å². The zero-order chi connectivity index (χ0) is 14.5. The van der Waals surface area contributed by atoms with Gasteiger partial charge in [-0.3, -0.25) is 4.79 Å². The molecule has 4 heteroatoms. The smallest absolute Gasteiger partial charge is 0.307 e. The summed E-state index contributed by atoms with van der Waals surface area (Å²) < 4.78 is 0. The van der Waals surface area contributed by atoms with Crippen molar-refractivity contribution in [3.8, 4) is 0 Å². The maximum atomic E-state index is 10.6. The maximum Gasteiger partial charge on any atom is 0.307 e. The predicted octanol–water partition coefficient (Wildman–Crippen LogP) is 3.50. The van der Waals surface area contributed by atoms with Gasteiger partial charge in [0.15, 0.2) is 0 Å². The number of carbonyl (C=O) groups is 1. The van der Waals surface area contributed by atoms with Crippen molar-refractivity contribution in [1.82, 2.24) is 0 Å². The van der Waals surface area contributed by atoms with Crippen molar-refractivity contribution in [1.29, 1.82) is 0 Å². The number of rotatable bonds is 5. The van der Waals surface area contributed by atoms with Crippen LogP contribution in [0.4, 0.5) is 5.69 Å². The molecular weight excluding hydrogens is 270 g/mol. The summed E-state index contributed by atoms with van der Waals surface area (Å²) in [6.45, 7) is 2.00. The van der Waals surface area contributed by atoms with Gasteiger partial charge in [-0.25, -0.2) is 0 Å². The minimum absolute atomic E-state index is 0.0677. The van der Waals surface area contributed by atoms with Crippen LogP contribution in [0.3, 0.4) is 0 Å². The molecule has 3 nitrogen and oxygen atoms in total. The van der Waals surface area contributed by atoms with E-state index in [1.54, 1.807) is 11.8 Å². The lowest BCUT2D eigenvalue weighted by Gasteiger charge is -2.08. The predicted molar refractivity (Wildman–Crippen MR) is 82.9 cm³/mol. The molecule has 2 aromatic rings. The Kier molecular flexibility index (Phi) is 4.69. The summed E-state index contributed by atoms with van der Waals surface area (Å²) in [6, 6.07) is 13.7. The summed E-state index contributed by atoms with van der Waals surface area (Å²) in [5.74, 6) is 0.0146. The molecule has 0 aliphatic carbocycles. The third-order valence-electron chi connectivity index (χ3n) is 3.06. The summed E-state index contributed by atoms with van der Waals surface area (Å²) >= 11 is 1.69. The number of hydrogen-bond donors (Lipinski definition) is 2. The van der Waals surface area contributed by atoms with Crippen molar-refractivity contribution in [2.24, 2.45) is 0 Å². The lowest BCUT2D eigenvalue weighted by Crippen LogP contribution is -1.99. The minimum atomic E-state index is -0.806. The van der Waals surface area contributed by atoms with Gasteiger partial charge in [0.2, 0.25) is 0 Å². The number of para-hydroxylation sites is 1. The Balaban J connectivity index is 2.00. The van der Waals surface area contributed by atoms with Gasteiger partial charge in [0.05, 0.1) is 6.42 Å². The molecule has 0 unspecified atom stereocenters. The molecule has 2 aromatic carbocycles. The van der Waals surface area contributed by atoms with Crippen LogP contribution in [-0.2, 0) is 17.0 Å². The second-order valence-electron chi connectivity index (χ2n) is 4.66. The van der Waals surface area contributed by atoms with Gasteiger partial charge in [-0.05, 0) is 29.7 Å². The molecule has 0 aliphatic heterocycles. The fraction of sp³-hybridized carbons (Fsp3) is 0.188. The highest BCUT2D eigenvalue weighted by molar-refractivity contribution is 7.98. The number of nitrogen functional groups attached to an aromatic ring is 1. The molecular formula is C16H17NO2S. The van der Waals surface area contributed by atoms with Gasteiger partial charge in [-0.2, -0.15) is 0 Å². The molecule has 0 aliphatic rings. The van der Waals surface area contributed by atoms with Crippen LogP contribution in [0, 0.1) is 6.92 Å². The number of benzene rings is 2. The Morgan fingerprint density at radius 2 is 1.80 bits per heavy atom. The van der Waals surface area contributed by atoms with E-state index in [0.717, 1.165) is 33.0 Å². The first-order valence-corrected chi connectivity index (χ1v) is 7.32. The van der Waals surface area contributed by atoms with E-state index < -0.39 is 5.97 Å². The van der Waals surface area contributed by atoms with Crippen LogP contribution in [0.25, 0.3) is 0 Å². The number of thioether (sulfide) groups is 1. The standard InChI is InChI=1S/C16H17NO2S/c1-11-3-2-4-14(16(11)17)20-10-13-7-5-12(6-8-13)9-15(18)19/h2-8H,9-10,17H2,1H3,(H,18,19). The molecule has 3 N–H and O–H groups in total. The highest BCUT2D eigenvalue weighted by Gasteiger charge is 2.04. The van der Waals surface area contributed by atoms with E-state index in [2.05, 4.69) is 0 Å². The van der Waals surface area contributed by atoms with Gasteiger partial charge in [0, 0.05) is 16.3 Å². The molecule has 0 atom stereocenters. The molecule has 0 saturated heterocycles. The van der Waals surface area contributed by atoms with Crippen LogP contribution in [0.15, 0.2) is 47.4 Å². The summed E-state index contributed by atoms with van der Waals surface area (Å²) in [7, 11) is 0. The largest absolute Gasteiger partial charge is 0.481 e. The Bertz CT molecular complexity index is 608. The topological polar surface area (TPSA) is 63.3 Å². The Morgan fingerprint density at radius 3 is 2.45 bits per heavy atom. The number of carboxylic acid groups (broad SMARTS) is 1. The lowest BCUT2D eigenvalue weighted by molar-refractivity contribution is -0.136. The second-order valence-corrected chi connectivity index (χ2v) is 5.68. The van der Waals surface area contributed by atoms with Gasteiger partial charge >= 0.3 is 5.97 Å². The lowest BCUT2D eigenvalue weighted by atomic mass is 10.1. The first-order chi connectivity index (χ1) is 9.56. The molecule has 0 spiro atoms. The van der Waals surface area contributed by atoms with Crippen LogP contribution >= 0.6 is 11.8 Å². The zero-order valence-electron chi connectivity index (χ0n) is 11.3. The van der Waals surface area contributed by atoms with Gasteiger partial charge in [-0.1, -0.05) is 36.4 Å². The Labute approximate surface area is 122 Å². The highest BCUT2D eigenvalue weighted by Crippen LogP contribution is 2.30. The van der Waals surface area contributed by atoms with Crippen molar-refractivity contribution in [2.75, 3.05) is 5.73 Å². The van der Waals surface area contributed by atoms with E-state index in [-0.39, 0.29) is 6.42 Å². The van der Waals surface area contributed by atoms with Crippen molar-refractivity contribution < 1.29 is 9.90 Å². The van der Waals surface area contributed by atoms with E-state index >= 15 is 0 Å². The Morgan fingerprint density at radius 1 is 1.15 bits per heavy atom. The first-order valence-electron chi connectivity index (χ1n) is 6.34. The van der Waals surface area contributed by atoms with Crippen LogP contribution < -0.4 is 5.73 Å². The SMILES string of the molecule is Cc1cccc(SCc2ccc(CC(=O)O)cc2)c1N. The summed E-state index contributed by atoms with van der Waals surface area (Å²) in [5.41, 5.74) is 9.94. The molecule has 0 aromatic heterocycles. The fourth-order valence-electron chi connectivity index (χ4n) is 1.87. The average molecular weight is 287 g/mol. The fourth-order valence-corrected chi connectivity index (χ4v) is 2.87. The van der Waals surface area contributed by atoms with Gasteiger partial charge in [-0.15, -0.1) is 11.8 Å². The summed E-state index contributed by atoms with van der Waals surface area (Å²) in [4.78, 5) is 11.7. The maximum absolute atomic E-state index is 10.6. The number of carboxylic acids is 1. The molecule has 2 rings (SSSR count). The molecule has 0 amide bonds. The van der Waals surface area contributed by atoms with E-state index in [1.165, 1.54) is 0 Å². The minimum Gasteiger partial charge on any atom is -0.481 e. The van der Waals surface area contributed by atoms with E-state index in [9.17, 15) is 4.79 Å². The molecule has 104 valence electrons. The quantitative estimate of drug-likeness (QED) is 0.652. The van der Waals surface area contributed by atoms with E-state index in [0.29, 0.717) is 0 Å². The van der Waals surface area contributed by atoms with Crippen LogP contribution in [0.2, 0.25) is 0 Å². The van der Waals surface area contributed by atoms with Crippen LogP contribution in [-0.4, -0.2) is 11.1 Å². The van der Waals surface area contributed by atoms with Gasteiger partial charge in [0.1, 0.15) is 0 Å². The van der Waals surface area contributed by atoms with Crippen molar-refractivity contribution >= 4 is 23.4 Å². The number of anilines is 1. The monoisotopic (exact) mass is 287 g/mol. The first kappa shape index (κ1) is 14.5. The number of hydrogen-bond acceptors (Lipinski definition) is 3. The summed E-state index contributed by atoms with van der Waals surface area (Å²) in [6.07, 6.45) is 0.0677. The van der Waals surface area contributed by atoms with Crippen molar-refractivity contribution in [2.45, 2.75) is 24.0 Å². The number of aryl methyl sites for hydroxylation is 1. The highest BCUT2D eigenvalue weighted by atomic mass is 32.2. The van der Waals surface area contributed by atoms with E-state index in [4.69, 9.17) is 10.8 Å². The third kappa shape index (κ3) is 3.78. The van der Waals surface area contributed by atoms with Gasteiger partial charge < -0.3 is 10.8 Å². The summed E-state index contributed by atoms with van der Waals surface area (Å²) in [5, 5.41) is 8.73. The molecule has 20 heavy (non-hydrogen) atoms. The normalized spacial score (nSPS) is 10.4. The van der Waals surface area contributed by atoms with Crippen molar-refractivity contribution in [3.63, 3.8) is 0 Å². The second kappa shape index (κ2) is 6.48. The average Bonchev–Trinajstić information content (AvgIpc) is 2.41. The molecule has 0 fully saturated rings. The number of nitrogens with two attached hydrogens (primary N) is 1.